The number of benzene rings is 1. The molecule has 0 aliphatic heterocycles. The van der Waals surface area contributed by atoms with Crippen molar-refractivity contribution in [2.24, 2.45) is 11.8 Å². The number of amides is 1. The number of carboxylic acids is 1. The summed E-state index contributed by atoms with van der Waals surface area (Å²) in [4.78, 5) is 22.7. The Morgan fingerprint density at radius 1 is 1.35 bits per heavy atom. The first-order valence-corrected chi connectivity index (χ1v) is 6.75. The average Bonchev–Trinajstić information content (AvgIpc) is 2.37. The molecular weight excluding hydrogens is 258 g/mol. The van der Waals surface area contributed by atoms with Crippen LogP contribution >= 0.6 is 0 Å². The molecule has 1 aliphatic carbocycles. The van der Waals surface area contributed by atoms with Crippen molar-refractivity contribution in [1.29, 1.82) is 0 Å². The van der Waals surface area contributed by atoms with Gasteiger partial charge in [-0.05, 0) is 37.0 Å². The van der Waals surface area contributed by atoms with Gasteiger partial charge < -0.3 is 15.2 Å². The normalized spacial score (nSPS) is 20.9. The SMILES string of the molecule is COc1cccc(CCNC(=O)C2CCC2C(=O)O)c1. The van der Waals surface area contributed by atoms with Crippen LogP contribution in [0.2, 0.25) is 0 Å². The Hall–Kier alpha value is -2.04. The molecule has 2 atom stereocenters. The van der Waals surface area contributed by atoms with Crippen LogP contribution < -0.4 is 10.1 Å². The fraction of sp³-hybridized carbons (Fsp3) is 0.467. The molecule has 2 rings (SSSR count). The number of ether oxygens (including phenoxy) is 1. The zero-order chi connectivity index (χ0) is 14.5. The van der Waals surface area contributed by atoms with Crippen molar-refractivity contribution in [3.05, 3.63) is 29.8 Å². The van der Waals surface area contributed by atoms with Gasteiger partial charge in [-0.3, -0.25) is 9.59 Å². The van der Waals surface area contributed by atoms with Crippen molar-refractivity contribution in [1.82, 2.24) is 5.32 Å². The summed E-state index contributed by atoms with van der Waals surface area (Å²) in [6.07, 6.45) is 1.97. The van der Waals surface area contributed by atoms with Gasteiger partial charge in [0.15, 0.2) is 0 Å². The Labute approximate surface area is 117 Å². The Bertz CT molecular complexity index is 500. The lowest BCUT2D eigenvalue weighted by Gasteiger charge is -2.31. The number of nitrogens with one attached hydrogen (secondary N) is 1. The van der Waals surface area contributed by atoms with Gasteiger partial charge in [-0.25, -0.2) is 0 Å². The minimum Gasteiger partial charge on any atom is -0.497 e. The number of hydrogen-bond acceptors (Lipinski definition) is 3. The molecule has 5 heteroatoms. The van der Waals surface area contributed by atoms with E-state index in [9.17, 15) is 9.59 Å². The summed E-state index contributed by atoms with van der Waals surface area (Å²) in [5, 5.41) is 11.7. The summed E-state index contributed by atoms with van der Waals surface area (Å²) in [6.45, 7) is 0.509. The summed E-state index contributed by atoms with van der Waals surface area (Å²) < 4.78 is 5.13. The molecule has 20 heavy (non-hydrogen) atoms. The van der Waals surface area contributed by atoms with E-state index < -0.39 is 11.9 Å². The van der Waals surface area contributed by atoms with Crippen molar-refractivity contribution in [3.8, 4) is 5.75 Å². The number of methoxy groups -OCH3 is 1. The minimum atomic E-state index is -0.871. The van der Waals surface area contributed by atoms with Crippen LogP contribution in [0.4, 0.5) is 0 Å². The zero-order valence-corrected chi connectivity index (χ0v) is 11.5. The minimum absolute atomic E-state index is 0.147. The largest absolute Gasteiger partial charge is 0.497 e. The summed E-state index contributed by atoms with van der Waals surface area (Å²) in [5.41, 5.74) is 1.08. The van der Waals surface area contributed by atoms with E-state index in [1.165, 1.54) is 0 Å². The highest BCUT2D eigenvalue weighted by Gasteiger charge is 2.41. The van der Waals surface area contributed by atoms with Crippen LogP contribution in [0.3, 0.4) is 0 Å². The van der Waals surface area contributed by atoms with Gasteiger partial charge in [0.2, 0.25) is 5.91 Å². The molecule has 1 fully saturated rings. The molecule has 2 N–H and O–H groups in total. The summed E-state index contributed by atoms with van der Waals surface area (Å²) in [5.74, 6) is -1.10. The molecule has 0 aromatic heterocycles. The molecule has 1 aromatic carbocycles. The topological polar surface area (TPSA) is 75.6 Å². The van der Waals surface area contributed by atoms with Crippen molar-refractivity contribution < 1.29 is 19.4 Å². The molecule has 108 valence electrons. The predicted octanol–water partition coefficient (Wildman–Crippen LogP) is 1.46. The quantitative estimate of drug-likeness (QED) is 0.825. The third-order valence-electron chi connectivity index (χ3n) is 3.78. The maximum Gasteiger partial charge on any atom is 0.307 e. The highest BCUT2D eigenvalue weighted by atomic mass is 16.5. The first kappa shape index (κ1) is 14.4. The number of carbonyl (C=O) groups is 2. The number of hydrogen-bond donors (Lipinski definition) is 2. The second-order valence-corrected chi connectivity index (χ2v) is 5.02. The molecule has 1 aliphatic rings. The number of rotatable bonds is 6. The lowest BCUT2D eigenvalue weighted by Crippen LogP contribution is -2.44. The van der Waals surface area contributed by atoms with E-state index >= 15 is 0 Å². The van der Waals surface area contributed by atoms with E-state index in [1.54, 1.807) is 7.11 Å². The van der Waals surface area contributed by atoms with Crippen LogP contribution in [-0.2, 0) is 16.0 Å². The monoisotopic (exact) mass is 277 g/mol. The smallest absolute Gasteiger partial charge is 0.307 e. The fourth-order valence-corrected chi connectivity index (χ4v) is 2.40. The first-order valence-electron chi connectivity index (χ1n) is 6.75. The van der Waals surface area contributed by atoms with Gasteiger partial charge in [0.25, 0.3) is 0 Å². The second kappa shape index (κ2) is 6.41. The lowest BCUT2D eigenvalue weighted by atomic mass is 9.73. The van der Waals surface area contributed by atoms with E-state index in [2.05, 4.69) is 5.32 Å². The van der Waals surface area contributed by atoms with Crippen molar-refractivity contribution in [3.63, 3.8) is 0 Å². The third-order valence-corrected chi connectivity index (χ3v) is 3.78. The van der Waals surface area contributed by atoms with E-state index in [-0.39, 0.29) is 11.8 Å². The van der Waals surface area contributed by atoms with Crippen LogP contribution in [0.15, 0.2) is 24.3 Å². The van der Waals surface area contributed by atoms with Crippen LogP contribution in [0, 0.1) is 11.8 Å². The molecule has 0 spiro atoms. The highest BCUT2D eigenvalue weighted by molar-refractivity contribution is 5.86. The molecule has 1 aromatic rings. The zero-order valence-electron chi connectivity index (χ0n) is 11.5. The van der Waals surface area contributed by atoms with Crippen molar-refractivity contribution in [2.45, 2.75) is 19.3 Å². The number of carboxylic acid groups (broad SMARTS) is 1. The van der Waals surface area contributed by atoms with E-state index in [1.807, 2.05) is 24.3 Å². The summed E-state index contributed by atoms with van der Waals surface area (Å²) >= 11 is 0. The van der Waals surface area contributed by atoms with Crippen LogP contribution in [0.5, 0.6) is 5.75 Å². The molecule has 0 radical (unpaired) electrons. The standard InChI is InChI=1S/C15H19NO4/c1-20-11-4-2-3-10(9-11)7-8-16-14(17)12-5-6-13(12)15(18)19/h2-4,9,12-13H,5-8H2,1H3,(H,16,17)(H,18,19). The maximum atomic E-state index is 11.9. The third kappa shape index (κ3) is 3.29. The van der Waals surface area contributed by atoms with Crippen molar-refractivity contribution in [2.75, 3.05) is 13.7 Å². The van der Waals surface area contributed by atoms with Crippen molar-refractivity contribution >= 4 is 11.9 Å². The fourth-order valence-electron chi connectivity index (χ4n) is 2.40. The Balaban J connectivity index is 1.78. The lowest BCUT2D eigenvalue weighted by molar-refractivity contribution is -0.152. The van der Waals surface area contributed by atoms with E-state index in [0.29, 0.717) is 25.8 Å². The van der Waals surface area contributed by atoms with Crippen LogP contribution in [0.1, 0.15) is 18.4 Å². The molecular formula is C15H19NO4. The maximum absolute atomic E-state index is 11.9. The molecule has 1 saturated carbocycles. The van der Waals surface area contributed by atoms with Gasteiger partial charge >= 0.3 is 5.97 Å². The van der Waals surface area contributed by atoms with Gasteiger partial charge in [-0.1, -0.05) is 12.1 Å². The Morgan fingerprint density at radius 2 is 2.10 bits per heavy atom. The molecule has 0 heterocycles. The second-order valence-electron chi connectivity index (χ2n) is 5.02. The highest BCUT2D eigenvalue weighted by Crippen LogP contribution is 2.34. The van der Waals surface area contributed by atoms with Gasteiger partial charge in [0.1, 0.15) is 5.75 Å². The Kier molecular flexibility index (Phi) is 4.61. The van der Waals surface area contributed by atoms with Crippen LogP contribution in [-0.4, -0.2) is 30.6 Å². The van der Waals surface area contributed by atoms with Crippen LogP contribution in [0.25, 0.3) is 0 Å². The molecule has 0 saturated heterocycles. The summed E-state index contributed by atoms with van der Waals surface area (Å²) in [6, 6.07) is 7.67. The molecule has 0 bridgehead atoms. The van der Waals surface area contributed by atoms with Gasteiger partial charge in [-0.15, -0.1) is 0 Å². The molecule has 2 unspecified atom stereocenters. The molecule has 1 amide bonds. The number of aliphatic carboxylic acids is 1. The van der Waals surface area contributed by atoms with Gasteiger partial charge in [0.05, 0.1) is 18.9 Å². The molecule has 5 nitrogen and oxygen atoms in total. The van der Waals surface area contributed by atoms with E-state index in [4.69, 9.17) is 9.84 Å². The number of carbonyl (C=O) groups excluding carboxylic acids is 1. The Morgan fingerprint density at radius 3 is 2.70 bits per heavy atom. The van der Waals surface area contributed by atoms with E-state index in [0.717, 1.165) is 11.3 Å². The van der Waals surface area contributed by atoms with Gasteiger partial charge in [-0.2, -0.15) is 0 Å². The van der Waals surface area contributed by atoms with Gasteiger partial charge in [0, 0.05) is 6.54 Å². The summed E-state index contributed by atoms with van der Waals surface area (Å²) in [7, 11) is 1.61. The first-order chi connectivity index (χ1) is 9.61. The average molecular weight is 277 g/mol. The predicted molar refractivity (Wildman–Crippen MR) is 73.6 cm³/mol.